The molecule has 708 valence electrons. The van der Waals surface area contributed by atoms with Crippen LogP contribution in [0.3, 0.4) is 0 Å². The van der Waals surface area contributed by atoms with Gasteiger partial charge in [0, 0.05) is 216 Å². The Morgan fingerprint density at radius 3 is 0.906 bits per heavy atom. The number of likely N-dealkylation sites (N-methyl/N-ethyl adjacent to an activating group) is 3. The minimum atomic E-state index is -1.04. The highest BCUT2D eigenvalue weighted by atomic mass is 35.5. The number of halogens is 5. The van der Waals surface area contributed by atoms with Gasteiger partial charge in [-0.3, -0.25) is 68.0 Å². The van der Waals surface area contributed by atoms with E-state index in [2.05, 4.69) is 112 Å². The van der Waals surface area contributed by atoms with E-state index >= 15 is 0 Å². The van der Waals surface area contributed by atoms with Crippen LogP contribution in [0.2, 0.25) is 10.0 Å². The number of aryl methyl sites for hydroxylation is 1. The lowest BCUT2D eigenvalue weighted by molar-refractivity contribution is -0.142. The number of nitrogens with two attached hydrogens (primary N) is 2. The van der Waals surface area contributed by atoms with E-state index in [0.29, 0.717) is 71.5 Å². The molecule has 6 unspecified atom stereocenters. The molecular formula is C99H150Cl2F3N17O7. The average Bonchev–Trinajstić information content (AvgIpc) is 0.960. The Morgan fingerprint density at radius 2 is 0.602 bits per heavy atom. The number of benzene rings is 6. The molecule has 128 heavy (non-hydrogen) atoms. The summed E-state index contributed by atoms with van der Waals surface area (Å²) in [6, 6.07) is 42.7. The van der Waals surface area contributed by atoms with Crippen molar-refractivity contribution in [2.75, 3.05) is 212 Å². The van der Waals surface area contributed by atoms with Crippen LogP contribution in [0.25, 0.3) is 0 Å². The highest BCUT2D eigenvalue weighted by Crippen LogP contribution is 2.29. The summed E-state index contributed by atoms with van der Waals surface area (Å²) in [7, 11) is 11.6. The van der Waals surface area contributed by atoms with Crippen LogP contribution in [0, 0.1) is 24.4 Å². The summed E-state index contributed by atoms with van der Waals surface area (Å²) in [6.07, 6.45) is -1.04. The van der Waals surface area contributed by atoms with Crippen molar-refractivity contribution in [3.63, 3.8) is 0 Å². The van der Waals surface area contributed by atoms with E-state index in [0.717, 1.165) is 177 Å². The normalized spacial score (nSPS) is 18.1. The molecule has 0 spiro atoms. The van der Waals surface area contributed by atoms with Gasteiger partial charge in [0.05, 0.1) is 11.8 Å². The van der Waals surface area contributed by atoms with Crippen LogP contribution >= 0.6 is 23.2 Å². The van der Waals surface area contributed by atoms with Gasteiger partial charge >= 0.3 is 0 Å². The lowest BCUT2D eigenvalue weighted by Gasteiger charge is -2.39. The number of carbonyl (C=O) groups is 6. The van der Waals surface area contributed by atoms with E-state index in [4.69, 9.17) is 34.7 Å². The van der Waals surface area contributed by atoms with Crippen molar-refractivity contribution >= 4 is 58.6 Å². The Labute approximate surface area is 773 Å². The summed E-state index contributed by atoms with van der Waals surface area (Å²) >= 11 is 12.0. The lowest BCUT2D eigenvalue weighted by atomic mass is 9.96. The highest BCUT2D eigenvalue weighted by Gasteiger charge is 2.37. The number of hydrogen-bond donors (Lipinski definition) is 3. The van der Waals surface area contributed by atoms with Crippen molar-refractivity contribution in [1.29, 1.82) is 0 Å². The first-order valence-corrected chi connectivity index (χ1v) is 46.6. The van der Waals surface area contributed by atoms with Crippen molar-refractivity contribution in [3.8, 4) is 0 Å². The molecule has 6 fully saturated rings. The number of aliphatic hydroxyl groups is 1. The Bertz CT molecular complexity index is 4250. The second-order valence-corrected chi connectivity index (χ2v) is 37.5. The van der Waals surface area contributed by atoms with Crippen LogP contribution in [0.4, 0.5) is 13.2 Å². The first-order valence-electron chi connectivity index (χ1n) is 45.8. The largest absolute Gasteiger partial charge is 0.378 e. The van der Waals surface area contributed by atoms with Crippen molar-refractivity contribution in [1.82, 2.24) is 73.5 Å². The second-order valence-electron chi connectivity index (χ2n) is 36.6. The van der Waals surface area contributed by atoms with Crippen LogP contribution in [-0.4, -0.2) is 363 Å². The predicted octanol–water partition coefficient (Wildman–Crippen LogP) is 11.4. The molecule has 0 radical (unpaired) electrons. The Balaban J connectivity index is 0.000000211. The smallest absolute Gasteiger partial charge is 0.256 e. The average molecular weight is 1820 g/mol. The quantitative estimate of drug-likeness (QED) is 0.0542. The molecule has 0 aliphatic carbocycles. The van der Waals surface area contributed by atoms with Crippen molar-refractivity contribution in [3.05, 3.63) is 212 Å². The Morgan fingerprint density at radius 1 is 0.336 bits per heavy atom. The molecule has 24 nitrogen and oxygen atoms in total. The van der Waals surface area contributed by atoms with Gasteiger partial charge in [-0.25, -0.2) is 13.2 Å². The fourth-order valence-corrected chi connectivity index (χ4v) is 17.2. The standard InChI is InChI=1S/C18H28FN3O.C17H26ClN3O.C17H26FN3O.C16H24FN3O.C16H24N2O2.C15H22ClN3O/c1-14(2)21-9-11-22(12-10-21)18(23)17(13-20(3)4)15-5-7-16(19)8-6-15;1-13(2)20-8-10-21(11-9-20)17(22)16(19(3)4)14-6-5-7-15(18)12-14;1-13(2)20-9-11-21(12-10-20)17(22)16(19(3)4)14-5-7-15(18)8-6-14;1-12(2)19-7-9-20(10-8-19)16(21)15(11-18)13-3-5-14(17)6-4-13;1-12(2)17-7-9-18(10-8-17)16(20)15(19)14-6-4-5-13(3)11-14;1-11(2)18-6-8-19(9-7-18)15(20)14(17)12-4-3-5-13(16)10-12/h5-8,14,17H,9-13H2,1-4H3;5-7,12-13,16H,8-11H2,1-4H3;5-8,13,16H,9-12H2,1-4H3;3-6,12,15H,7-11,18H2,1-2H3;4-6,11-12,15,19H,7-10H2,1-3H3;3-5,10-11,14H,6-9,17H2,1-2H3. The highest BCUT2D eigenvalue weighted by molar-refractivity contribution is 6.31. The van der Waals surface area contributed by atoms with Crippen LogP contribution in [0.1, 0.15) is 158 Å². The maximum Gasteiger partial charge on any atom is 0.256 e. The molecule has 6 heterocycles. The van der Waals surface area contributed by atoms with Gasteiger partial charge in [0.1, 0.15) is 35.6 Å². The number of carbonyl (C=O) groups excluding carboxylic acids is 6. The molecule has 0 bridgehead atoms. The fourth-order valence-electron chi connectivity index (χ4n) is 16.8. The van der Waals surface area contributed by atoms with Gasteiger partial charge in [-0.15, -0.1) is 0 Å². The number of nitrogens with zero attached hydrogens (tertiary/aromatic N) is 15. The van der Waals surface area contributed by atoms with Gasteiger partial charge in [-0.05, 0) is 226 Å². The van der Waals surface area contributed by atoms with E-state index in [9.17, 15) is 47.0 Å². The molecule has 6 amide bonds. The molecule has 6 aliphatic heterocycles. The van der Waals surface area contributed by atoms with Crippen molar-refractivity contribution in [2.45, 2.75) is 162 Å². The number of piperazine rings is 6. The fraction of sp³-hybridized carbons (Fsp3) is 0.576. The maximum atomic E-state index is 13.2. The van der Waals surface area contributed by atoms with Gasteiger partial charge in [0.2, 0.25) is 29.5 Å². The molecule has 29 heteroatoms. The first-order chi connectivity index (χ1) is 60.7. The third-order valence-electron chi connectivity index (χ3n) is 25.0. The van der Waals surface area contributed by atoms with Crippen LogP contribution in [-0.2, 0) is 28.8 Å². The number of amides is 6. The molecule has 12 rings (SSSR count). The zero-order valence-electron chi connectivity index (χ0n) is 79.8. The molecular weight excluding hydrogens is 1670 g/mol. The van der Waals surface area contributed by atoms with E-state index in [1.807, 2.05) is 143 Å². The van der Waals surface area contributed by atoms with E-state index in [1.54, 1.807) is 59.5 Å². The van der Waals surface area contributed by atoms with Gasteiger partial charge in [0.15, 0.2) is 6.10 Å². The second kappa shape index (κ2) is 52.9. The molecule has 0 saturated carbocycles. The topological polar surface area (TPSA) is 223 Å². The molecule has 6 atom stereocenters. The summed E-state index contributed by atoms with van der Waals surface area (Å²) < 4.78 is 39.3. The Kier molecular flexibility index (Phi) is 44.3. The maximum absolute atomic E-state index is 13.2. The van der Waals surface area contributed by atoms with Crippen molar-refractivity contribution in [2.24, 2.45) is 11.5 Å². The molecule has 6 saturated heterocycles. The summed E-state index contributed by atoms with van der Waals surface area (Å²) in [4.78, 5) is 108. The summed E-state index contributed by atoms with van der Waals surface area (Å²) in [6.45, 7) is 48.8. The monoisotopic (exact) mass is 1820 g/mol. The van der Waals surface area contributed by atoms with E-state index in [-0.39, 0.29) is 83.4 Å². The predicted molar refractivity (Wildman–Crippen MR) is 511 cm³/mol. The van der Waals surface area contributed by atoms with Gasteiger partial charge in [-0.2, -0.15) is 0 Å². The molecule has 6 aromatic carbocycles. The molecule has 5 N–H and O–H groups in total. The van der Waals surface area contributed by atoms with Crippen molar-refractivity contribution < 1.29 is 47.0 Å². The van der Waals surface area contributed by atoms with Gasteiger partial charge in [-0.1, -0.05) is 114 Å². The van der Waals surface area contributed by atoms with Crippen LogP contribution in [0.15, 0.2) is 146 Å². The van der Waals surface area contributed by atoms with Crippen LogP contribution < -0.4 is 11.5 Å². The van der Waals surface area contributed by atoms with E-state index < -0.39 is 12.1 Å². The Hall–Kier alpha value is -7.97. The number of aliphatic hydroxyl groups excluding tert-OH is 1. The third-order valence-corrected chi connectivity index (χ3v) is 25.4. The minimum absolute atomic E-state index is 0.0179. The van der Waals surface area contributed by atoms with Gasteiger partial charge in [0.25, 0.3) is 5.91 Å². The zero-order valence-corrected chi connectivity index (χ0v) is 81.3. The van der Waals surface area contributed by atoms with Gasteiger partial charge < -0.3 is 50.9 Å². The summed E-state index contributed by atoms with van der Waals surface area (Å²) in [5.74, 6) is -1.21. The number of hydrogen-bond acceptors (Lipinski definition) is 18. The van der Waals surface area contributed by atoms with E-state index in [1.165, 1.54) is 36.4 Å². The molecule has 6 aromatic rings. The lowest BCUT2D eigenvalue weighted by Crippen LogP contribution is -2.52. The number of rotatable bonds is 23. The molecule has 6 aliphatic rings. The third kappa shape index (κ3) is 32.8. The summed E-state index contributed by atoms with van der Waals surface area (Å²) in [5.41, 5.74) is 17.8. The molecule has 0 aromatic heterocycles. The minimum Gasteiger partial charge on any atom is -0.378 e. The first kappa shape index (κ1) is 107. The SMILES string of the molecule is CC(C)N1CCN(C(=O)C(CN(C)C)c2ccc(F)cc2)CC1.CC(C)N1CCN(C(=O)C(CN)c2ccc(F)cc2)CC1.CC(C)N1CCN(C(=O)C(N)c2cccc(Cl)c2)CC1.CC(C)N1CCN(C(=O)C(c2ccc(F)cc2)N(C)C)CC1.CC(C)N1CCN(C(=O)C(c2cccc(Cl)c2)N(C)C)CC1.Cc1cccc(C(O)C(=O)N2CCN(C(C)C)CC2)c1. The summed E-state index contributed by atoms with van der Waals surface area (Å²) in [5, 5.41) is 11.5. The van der Waals surface area contributed by atoms with Crippen LogP contribution in [0.5, 0.6) is 0 Å². The zero-order chi connectivity index (χ0) is 94.3.